The van der Waals surface area contributed by atoms with Gasteiger partial charge in [0.1, 0.15) is 0 Å². The van der Waals surface area contributed by atoms with Crippen LogP contribution in [0.25, 0.3) is 0 Å². The van der Waals surface area contributed by atoms with Crippen LogP contribution in [0.15, 0.2) is 18.2 Å². The molecular weight excluding hydrogens is 150 g/mol. The Hall–Kier alpha value is -1.02. The lowest BCUT2D eigenvalue weighted by Gasteiger charge is -2.11. The lowest BCUT2D eigenvalue weighted by atomic mass is 9.97. The highest BCUT2D eigenvalue weighted by atomic mass is 16.3. The number of benzene rings is 1. The van der Waals surface area contributed by atoms with Crippen molar-refractivity contribution >= 4 is 5.69 Å². The van der Waals surface area contributed by atoms with E-state index in [4.69, 9.17) is 10.8 Å². The zero-order valence-corrected chi connectivity index (χ0v) is 7.54. The highest BCUT2D eigenvalue weighted by molar-refractivity contribution is 5.45. The van der Waals surface area contributed by atoms with Gasteiger partial charge in [-0.05, 0) is 29.2 Å². The predicted octanol–water partition coefficient (Wildman–Crippen LogP) is 1.88. The second kappa shape index (κ2) is 3.59. The Labute approximate surface area is 73.0 Å². The lowest BCUT2D eigenvalue weighted by molar-refractivity contribution is 0.280. The maximum Gasteiger partial charge on any atom is 0.0684 e. The molecule has 2 nitrogen and oxygen atoms in total. The average Bonchev–Trinajstić information content (AvgIpc) is 2.04. The maximum atomic E-state index is 9.02. The van der Waals surface area contributed by atoms with Crippen molar-refractivity contribution in [1.82, 2.24) is 0 Å². The molecule has 0 heterocycles. The molecule has 12 heavy (non-hydrogen) atoms. The van der Waals surface area contributed by atoms with Crippen LogP contribution >= 0.6 is 0 Å². The first-order valence-corrected chi connectivity index (χ1v) is 4.14. The van der Waals surface area contributed by atoms with Gasteiger partial charge in [-0.2, -0.15) is 0 Å². The van der Waals surface area contributed by atoms with E-state index >= 15 is 0 Å². The summed E-state index contributed by atoms with van der Waals surface area (Å²) in [6.07, 6.45) is 0. The molecule has 1 aromatic carbocycles. The van der Waals surface area contributed by atoms with E-state index in [2.05, 4.69) is 13.8 Å². The van der Waals surface area contributed by atoms with Crippen LogP contribution in [-0.2, 0) is 6.61 Å². The van der Waals surface area contributed by atoms with Crippen molar-refractivity contribution in [2.75, 3.05) is 5.73 Å². The molecule has 0 unspecified atom stereocenters. The number of aliphatic hydroxyl groups is 1. The van der Waals surface area contributed by atoms with Crippen LogP contribution in [0, 0.1) is 0 Å². The summed E-state index contributed by atoms with van der Waals surface area (Å²) in [7, 11) is 0. The van der Waals surface area contributed by atoms with Crippen molar-refractivity contribution in [3.8, 4) is 0 Å². The van der Waals surface area contributed by atoms with E-state index in [1.54, 1.807) is 0 Å². The van der Waals surface area contributed by atoms with Gasteiger partial charge in [-0.15, -0.1) is 0 Å². The second-order valence-electron chi connectivity index (χ2n) is 3.27. The van der Waals surface area contributed by atoms with Crippen LogP contribution in [0.3, 0.4) is 0 Å². The number of nitrogens with two attached hydrogens (primary N) is 1. The van der Waals surface area contributed by atoms with Gasteiger partial charge in [0.2, 0.25) is 0 Å². The van der Waals surface area contributed by atoms with Crippen LogP contribution in [-0.4, -0.2) is 5.11 Å². The third-order valence-electron chi connectivity index (χ3n) is 1.96. The highest BCUT2D eigenvalue weighted by Gasteiger charge is 2.05. The third kappa shape index (κ3) is 1.77. The summed E-state index contributed by atoms with van der Waals surface area (Å²) in [5, 5.41) is 9.02. The number of rotatable bonds is 2. The summed E-state index contributed by atoms with van der Waals surface area (Å²) in [5.41, 5.74) is 8.51. The Morgan fingerprint density at radius 1 is 1.42 bits per heavy atom. The van der Waals surface area contributed by atoms with E-state index in [1.165, 1.54) is 0 Å². The number of hydrogen-bond acceptors (Lipinski definition) is 2. The Kier molecular flexibility index (Phi) is 2.71. The van der Waals surface area contributed by atoms with Crippen LogP contribution in [0.4, 0.5) is 5.69 Å². The molecule has 0 aromatic heterocycles. The zero-order chi connectivity index (χ0) is 9.14. The summed E-state index contributed by atoms with van der Waals surface area (Å²) < 4.78 is 0. The van der Waals surface area contributed by atoms with Gasteiger partial charge in [-0.25, -0.2) is 0 Å². The molecule has 0 saturated carbocycles. The quantitative estimate of drug-likeness (QED) is 0.657. The number of aliphatic hydroxyl groups excluding tert-OH is 1. The summed E-state index contributed by atoms with van der Waals surface area (Å²) in [6, 6.07) is 5.62. The first-order valence-electron chi connectivity index (χ1n) is 4.14. The fourth-order valence-electron chi connectivity index (χ4n) is 1.29. The van der Waals surface area contributed by atoms with Gasteiger partial charge in [0.15, 0.2) is 0 Å². The summed E-state index contributed by atoms with van der Waals surface area (Å²) in [6.45, 7) is 4.27. The third-order valence-corrected chi connectivity index (χ3v) is 1.96. The Morgan fingerprint density at radius 2 is 2.08 bits per heavy atom. The van der Waals surface area contributed by atoms with Gasteiger partial charge < -0.3 is 10.8 Å². The normalized spacial score (nSPS) is 10.7. The smallest absolute Gasteiger partial charge is 0.0684 e. The molecule has 0 fully saturated rings. The predicted molar refractivity (Wildman–Crippen MR) is 50.9 cm³/mol. The maximum absolute atomic E-state index is 9.02. The summed E-state index contributed by atoms with van der Waals surface area (Å²) >= 11 is 0. The molecule has 2 heteroatoms. The minimum Gasteiger partial charge on any atom is -0.399 e. The second-order valence-corrected chi connectivity index (χ2v) is 3.27. The molecule has 0 aliphatic rings. The zero-order valence-electron chi connectivity index (χ0n) is 7.54. The van der Waals surface area contributed by atoms with Crippen LogP contribution in [0.1, 0.15) is 30.9 Å². The standard InChI is InChI=1S/C10H15NO/c1-7(2)10-5-9(11)4-3-8(10)6-12/h3-5,7,12H,6,11H2,1-2H3. The van der Waals surface area contributed by atoms with E-state index < -0.39 is 0 Å². The summed E-state index contributed by atoms with van der Waals surface area (Å²) in [4.78, 5) is 0. The molecule has 1 rings (SSSR count). The van der Waals surface area contributed by atoms with Crippen molar-refractivity contribution in [1.29, 1.82) is 0 Å². The molecule has 1 aromatic rings. The van der Waals surface area contributed by atoms with Gasteiger partial charge in [0.05, 0.1) is 6.61 Å². The number of hydrogen-bond donors (Lipinski definition) is 2. The van der Waals surface area contributed by atoms with Crippen molar-refractivity contribution in [3.05, 3.63) is 29.3 Å². The van der Waals surface area contributed by atoms with Gasteiger partial charge in [-0.3, -0.25) is 0 Å². The van der Waals surface area contributed by atoms with Crippen LogP contribution in [0.2, 0.25) is 0 Å². The molecule has 0 saturated heterocycles. The van der Waals surface area contributed by atoms with Gasteiger partial charge in [0, 0.05) is 5.69 Å². The van der Waals surface area contributed by atoms with E-state index in [9.17, 15) is 0 Å². The first kappa shape index (κ1) is 9.07. The molecule has 3 N–H and O–H groups in total. The topological polar surface area (TPSA) is 46.2 Å². The molecule has 0 atom stereocenters. The van der Waals surface area contributed by atoms with E-state index in [1.807, 2.05) is 18.2 Å². The Balaban J connectivity index is 3.12. The van der Waals surface area contributed by atoms with Crippen LogP contribution < -0.4 is 5.73 Å². The Morgan fingerprint density at radius 3 is 2.58 bits per heavy atom. The lowest BCUT2D eigenvalue weighted by Crippen LogP contribution is -1.98. The van der Waals surface area contributed by atoms with Gasteiger partial charge >= 0.3 is 0 Å². The Bertz CT molecular complexity index is 269. The molecule has 0 bridgehead atoms. The van der Waals surface area contributed by atoms with Crippen molar-refractivity contribution < 1.29 is 5.11 Å². The summed E-state index contributed by atoms with van der Waals surface area (Å²) in [5.74, 6) is 0.413. The molecule has 0 radical (unpaired) electrons. The molecule has 0 aliphatic heterocycles. The van der Waals surface area contributed by atoms with E-state index in [0.29, 0.717) is 5.92 Å². The highest BCUT2D eigenvalue weighted by Crippen LogP contribution is 2.21. The average molecular weight is 165 g/mol. The van der Waals surface area contributed by atoms with E-state index in [0.717, 1.165) is 16.8 Å². The van der Waals surface area contributed by atoms with Crippen LogP contribution in [0.5, 0.6) is 0 Å². The molecule has 0 spiro atoms. The van der Waals surface area contributed by atoms with Crippen molar-refractivity contribution in [2.45, 2.75) is 26.4 Å². The SMILES string of the molecule is CC(C)c1cc(N)ccc1CO. The monoisotopic (exact) mass is 165 g/mol. The fraction of sp³-hybridized carbons (Fsp3) is 0.400. The molecule has 0 amide bonds. The number of anilines is 1. The van der Waals surface area contributed by atoms with Gasteiger partial charge in [0.25, 0.3) is 0 Å². The minimum absolute atomic E-state index is 0.0911. The minimum atomic E-state index is 0.0911. The molecule has 0 aliphatic carbocycles. The fourth-order valence-corrected chi connectivity index (χ4v) is 1.29. The van der Waals surface area contributed by atoms with E-state index in [-0.39, 0.29) is 6.61 Å². The number of nitrogen functional groups attached to an aromatic ring is 1. The van der Waals surface area contributed by atoms with Gasteiger partial charge in [-0.1, -0.05) is 19.9 Å². The largest absolute Gasteiger partial charge is 0.399 e. The first-order chi connectivity index (χ1) is 5.65. The molecular formula is C10H15NO. The van der Waals surface area contributed by atoms with Crippen molar-refractivity contribution in [2.24, 2.45) is 0 Å². The molecule has 66 valence electrons. The van der Waals surface area contributed by atoms with Crippen molar-refractivity contribution in [3.63, 3.8) is 0 Å².